The molecule has 2 fully saturated rings. The highest BCUT2D eigenvalue weighted by atomic mass is 19.4. The van der Waals surface area contributed by atoms with E-state index in [9.17, 15) is 22.8 Å². The lowest BCUT2D eigenvalue weighted by atomic mass is 9.85. The molecule has 2 saturated heterocycles. The van der Waals surface area contributed by atoms with Gasteiger partial charge in [-0.15, -0.1) is 0 Å². The van der Waals surface area contributed by atoms with Crippen LogP contribution in [0.5, 0.6) is 0 Å². The summed E-state index contributed by atoms with van der Waals surface area (Å²) >= 11 is 0. The number of hydrogen-bond donors (Lipinski definition) is 2. The summed E-state index contributed by atoms with van der Waals surface area (Å²) < 4.78 is 39.4. The minimum Gasteiger partial charge on any atom is -0.369 e. The standard InChI is InChI=1S/C19H24F3N3O2/c1-18-10-14(12-5-4-6-13(9-12)19(20,21)22)25(11-16(23)26)15(18)7-2-3-8-17(27)24-18/h4-6,9,14-15H,2-3,7-8,10-11H2,1H3,(H2,23,26)(H,24,27)/t14-,15-,18-/m0/s1. The smallest absolute Gasteiger partial charge is 0.369 e. The fourth-order valence-electron chi connectivity index (χ4n) is 4.49. The normalized spacial score (nSPS) is 29.6. The number of rotatable bonds is 3. The molecule has 2 aliphatic heterocycles. The number of primary amides is 1. The van der Waals surface area contributed by atoms with Crippen molar-refractivity contribution < 1.29 is 22.8 Å². The van der Waals surface area contributed by atoms with Crippen molar-refractivity contribution in [2.45, 2.75) is 62.8 Å². The predicted molar refractivity (Wildman–Crippen MR) is 93.5 cm³/mol. The zero-order valence-corrected chi connectivity index (χ0v) is 15.2. The molecule has 2 heterocycles. The molecule has 27 heavy (non-hydrogen) atoms. The second-order valence-electron chi connectivity index (χ2n) is 7.71. The minimum absolute atomic E-state index is 0.0585. The number of nitrogens with two attached hydrogens (primary N) is 1. The Bertz CT molecular complexity index is 737. The SMILES string of the molecule is C[C@]12C[C@@H](c3cccc(C(F)(F)F)c3)N(CC(N)=O)[C@H]1CCCCC(=O)N2. The van der Waals surface area contributed by atoms with Gasteiger partial charge in [0.05, 0.1) is 17.6 Å². The molecule has 3 N–H and O–H groups in total. The predicted octanol–water partition coefficient (Wildman–Crippen LogP) is 2.76. The average Bonchev–Trinajstić information content (AvgIpc) is 2.80. The summed E-state index contributed by atoms with van der Waals surface area (Å²) in [6, 6.07) is 4.59. The Labute approximate surface area is 156 Å². The van der Waals surface area contributed by atoms with E-state index in [1.54, 1.807) is 6.07 Å². The number of nitrogens with one attached hydrogen (secondary N) is 1. The number of likely N-dealkylation sites (tertiary alicyclic amines) is 1. The zero-order valence-electron chi connectivity index (χ0n) is 15.2. The first-order valence-electron chi connectivity index (χ1n) is 9.12. The fourth-order valence-corrected chi connectivity index (χ4v) is 4.49. The molecule has 1 aromatic carbocycles. The Morgan fingerprint density at radius 2 is 2.11 bits per heavy atom. The van der Waals surface area contributed by atoms with Gasteiger partial charge in [0.1, 0.15) is 0 Å². The summed E-state index contributed by atoms with van der Waals surface area (Å²) in [4.78, 5) is 25.7. The number of amides is 2. The van der Waals surface area contributed by atoms with Gasteiger partial charge in [-0.3, -0.25) is 14.5 Å². The van der Waals surface area contributed by atoms with Crippen LogP contribution in [-0.4, -0.2) is 34.8 Å². The van der Waals surface area contributed by atoms with Crippen molar-refractivity contribution in [2.75, 3.05) is 6.54 Å². The van der Waals surface area contributed by atoms with Crippen LogP contribution in [0.25, 0.3) is 0 Å². The molecule has 2 aliphatic rings. The fraction of sp³-hybridized carbons (Fsp3) is 0.579. The summed E-state index contributed by atoms with van der Waals surface area (Å²) in [5, 5.41) is 3.05. The van der Waals surface area contributed by atoms with E-state index in [4.69, 9.17) is 5.73 Å². The van der Waals surface area contributed by atoms with Crippen LogP contribution in [0, 0.1) is 0 Å². The van der Waals surface area contributed by atoms with Gasteiger partial charge >= 0.3 is 6.18 Å². The van der Waals surface area contributed by atoms with E-state index in [1.165, 1.54) is 6.07 Å². The van der Waals surface area contributed by atoms with Crippen molar-refractivity contribution in [3.63, 3.8) is 0 Å². The van der Waals surface area contributed by atoms with Crippen LogP contribution in [-0.2, 0) is 15.8 Å². The van der Waals surface area contributed by atoms with Crippen molar-refractivity contribution in [3.8, 4) is 0 Å². The van der Waals surface area contributed by atoms with Gasteiger partial charge in [0.2, 0.25) is 11.8 Å². The third-order valence-electron chi connectivity index (χ3n) is 5.65. The van der Waals surface area contributed by atoms with E-state index in [1.807, 2.05) is 11.8 Å². The molecule has 0 aliphatic carbocycles. The van der Waals surface area contributed by atoms with Crippen molar-refractivity contribution in [2.24, 2.45) is 5.73 Å². The van der Waals surface area contributed by atoms with E-state index >= 15 is 0 Å². The number of hydrogen-bond acceptors (Lipinski definition) is 3. The maximum Gasteiger partial charge on any atom is 0.416 e. The molecule has 5 nitrogen and oxygen atoms in total. The average molecular weight is 383 g/mol. The van der Waals surface area contributed by atoms with E-state index in [2.05, 4.69) is 5.32 Å². The van der Waals surface area contributed by atoms with Gasteiger partial charge in [-0.05, 0) is 43.9 Å². The van der Waals surface area contributed by atoms with E-state index in [-0.39, 0.29) is 18.5 Å². The van der Waals surface area contributed by atoms with Gasteiger partial charge < -0.3 is 11.1 Å². The molecule has 0 unspecified atom stereocenters. The summed E-state index contributed by atoms with van der Waals surface area (Å²) in [5.74, 6) is -0.601. The monoisotopic (exact) mass is 383 g/mol. The van der Waals surface area contributed by atoms with Gasteiger partial charge in [-0.1, -0.05) is 18.6 Å². The molecule has 0 spiro atoms. The van der Waals surface area contributed by atoms with Crippen molar-refractivity contribution >= 4 is 11.8 Å². The summed E-state index contributed by atoms with van der Waals surface area (Å²) in [6.45, 7) is 1.85. The van der Waals surface area contributed by atoms with Gasteiger partial charge in [-0.2, -0.15) is 13.2 Å². The molecule has 3 atom stereocenters. The molecular weight excluding hydrogens is 359 g/mol. The molecule has 0 radical (unpaired) electrons. The van der Waals surface area contributed by atoms with Crippen LogP contribution in [0.1, 0.15) is 56.2 Å². The highest BCUT2D eigenvalue weighted by Crippen LogP contribution is 2.45. The topological polar surface area (TPSA) is 75.4 Å². The van der Waals surface area contributed by atoms with E-state index < -0.39 is 29.2 Å². The number of benzene rings is 1. The maximum absolute atomic E-state index is 13.1. The zero-order chi connectivity index (χ0) is 19.8. The summed E-state index contributed by atoms with van der Waals surface area (Å²) in [7, 11) is 0. The second kappa shape index (κ2) is 7.14. The van der Waals surface area contributed by atoms with Crippen molar-refractivity contribution in [1.29, 1.82) is 0 Å². The van der Waals surface area contributed by atoms with Crippen LogP contribution in [0.2, 0.25) is 0 Å². The van der Waals surface area contributed by atoms with Crippen molar-refractivity contribution in [1.82, 2.24) is 10.2 Å². The molecule has 2 amide bonds. The first-order valence-corrected chi connectivity index (χ1v) is 9.12. The van der Waals surface area contributed by atoms with Crippen molar-refractivity contribution in [3.05, 3.63) is 35.4 Å². The van der Waals surface area contributed by atoms with Crippen LogP contribution in [0.3, 0.4) is 0 Å². The van der Waals surface area contributed by atoms with Crippen LogP contribution in [0.15, 0.2) is 24.3 Å². The molecule has 0 bridgehead atoms. The molecule has 1 aromatic rings. The first kappa shape index (κ1) is 19.7. The largest absolute Gasteiger partial charge is 0.416 e. The molecule has 0 saturated carbocycles. The van der Waals surface area contributed by atoms with Gasteiger partial charge in [0, 0.05) is 18.5 Å². The number of nitrogens with zero attached hydrogens (tertiary/aromatic N) is 1. The maximum atomic E-state index is 13.1. The number of alkyl halides is 3. The summed E-state index contributed by atoms with van der Waals surface area (Å²) in [6.07, 6.45) is -1.26. The Hall–Kier alpha value is -2.09. The van der Waals surface area contributed by atoms with Gasteiger partial charge in [-0.25, -0.2) is 0 Å². The molecule has 148 valence electrons. The first-order chi connectivity index (χ1) is 12.6. The van der Waals surface area contributed by atoms with Gasteiger partial charge in [0.25, 0.3) is 0 Å². The number of carbonyl (C=O) groups excluding carboxylic acids is 2. The number of carbonyl (C=O) groups is 2. The summed E-state index contributed by atoms with van der Waals surface area (Å²) in [5.41, 5.74) is 4.56. The molecular formula is C19H24F3N3O2. The highest BCUT2D eigenvalue weighted by Gasteiger charge is 2.51. The Morgan fingerprint density at radius 1 is 1.37 bits per heavy atom. The lowest BCUT2D eigenvalue weighted by Gasteiger charge is -2.37. The molecule has 8 heteroatoms. The Balaban J connectivity index is 2.00. The lowest BCUT2D eigenvalue weighted by molar-refractivity contribution is -0.137. The van der Waals surface area contributed by atoms with E-state index in [0.717, 1.165) is 31.4 Å². The molecule has 0 aromatic heterocycles. The highest BCUT2D eigenvalue weighted by molar-refractivity contribution is 5.78. The third-order valence-corrected chi connectivity index (χ3v) is 5.65. The molecule has 3 rings (SSSR count). The van der Waals surface area contributed by atoms with E-state index in [0.29, 0.717) is 18.4 Å². The number of fused-ring (bicyclic) bond motifs is 1. The third kappa shape index (κ3) is 4.10. The lowest BCUT2D eigenvalue weighted by Crippen LogP contribution is -2.56. The van der Waals surface area contributed by atoms with Crippen LogP contribution >= 0.6 is 0 Å². The minimum atomic E-state index is -4.44. The van der Waals surface area contributed by atoms with Crippen LogP contribution < -0.4 is 11.1 Å². The van der Waals surface area contributed by atoms with Crippen LogP contribution in [0.4, 0.5) is 13.2 Å². The quantitative estimate of drug-likeness (QED) is 0.843. The number of halogens is 3. The Morgan fingerprint density at radius 3 is 2.78 bits per heavy atom. The van der Waals surface area contributed by atoms with Gasteiger partial charge in [0.15, 0.2) is 0 Å². The Kier molecular flexibility index (Phi) is 5.20. The second-order valence-corrected chi connectivity index (χ2v) is 7.71.